The quantitative estimate of drug-likeness (QED) is 0.767. The van der Waals surface area contributed by atoms with Crippen molar-refractivity contribution in [1.29, 1.82) is 0 Å². The zero-order valence-corrected chi connectivity index (χ0v) is 11.3. The largest absolute Gasteiger partial charge is 0.495 e. The monoisotopic (exact) mass is 277 g/mol. The number of nitrogens with two attached hydrogens (primary N) is 1. The van der Waals surface area contributed by atoms with E-state index in [-0.39, 0.29) is 24.2 Å². The standard InChI is InChI=1S/C14H19N3O3/c1-19-10-5-3-2-4-9(10)16-14(18)17-12-11(15)8-6-7-20-13(8)12/h2-5,8,11-13H,6-7,15H2,1H3,(H2,16,17,18). The third-order valence-electron chi connectivity index (χ3n) is 4.10. The van der Waals surface area contributed by atoms with Gasteiger partial charge in [0.15, 0.2) is 0 Å². The molecule has 0 aromatic heterocycles. The number of anilines is 1. The normalized spacial score (nSPS) is 31.1. The highest BCUT2D eigenvalue weighted by Crippen LogP contribution is 2.37. The van der Waals surface area contributed by atoms with E-state index in [1.54, 1.807) is 19.2 Å². The van der Waals surface area contributed by atoms with Gasteiger partial charge in [-0.05, 0) is 18.6 Å². The highest BCUT2D eigenvalue weighted by molar-refractivity contribution is 5.91. The number of hydrogen-bond acceptors (Lipinski definition) is 4. The third-order valence-corrected chi connectivity index (χ3v) is 4.10. The minimum absolute atomic E-state index is 0.0223. The lowest BCUT2D eigenvalue weighted by atomic mass is 9.72. The van der Waals surface area contributed by atoms with Gasteiger partial charge in [0.05, 0.1) is 24.9 Å². The van der Waals surface area contributed by atoms with E-state index in [0.717, 1.165) is 13.0 Å². The van der Waals surface area contributed by atoms with E-state index in [1.807, 2.05) is 12.1 Å². The Balaban J connectivity index is 1.60. The van der Waals surface area contributed by atoms with Gasteiger partial charge in [0.1, 0.15) is 5.75 Å². The minimum atomic E-state index is -0.288. The molecule has 20 heavy (non-hydrogen) atoms. The molecule has 0 spiro atoms. The maximum atomic E-state index is 12.0. The molecule has 1 saturated carbocycles. The topological polar surface area (TPSA) is 85.6 Å². The summed E-state index contributed by atoms with van der Waals surface area (Å²) < 4.78 is 10.8. The van der Waals surface area contributed by atoms with Crippen molar-refractivity contribution in [3.05, 3.63) is 24.3 Å². The summed E-state index contributed by atoms with van der Waals surface area (Å²) in [6, 6.07) is 6.84. The van der Waals surface area contributed by atoms with Crippen LogP contribution in [0.4, 0.5) is 10.5 Å². The summed E-state index contributed by atoms with van der Waals surface area (Å²) in [5.41, 5.74) is 6.69. The van der Waals surface area contributed by atoms with Gasteiger partial charge in [-0.1, -0.05) is 12.1 Å². The van der Waals surface area contributed by atoms with Gasteiger partial charge < -0.3 is 25.8 Å². The predicted octanol–water partition coefficient (Wildman–Crippen LogP) is 0.931. The van der Waals surface area contributed by atoms with Crippen LogP contribution in [0.3, 0.4) is 0 Å². The second kappa shape index (κ2) is 5.30. The lowest BCUT2D eigenvalue weighted by Crippen LogP contribution is -2.69. The van der Waals surface area contributed by atoms with Gasteiger partial charge in [-0.15, -0.1) is 0 Å². The van der Waals surface area contributed by atoms with Gasteiger partial charge in [0, 0.05) is 18.6 Å². The molecule has 0 radical (unpaired) electrons. The number of urea groups is 1. The highest BCUT2D eigenvalue weighted by Gasteiger charge is 2.52. The second-order valence-electron chi connectivity index (χ2n) is 5.19. The summed E-state index contributed by atoms with van der Waals surface area (Å²) in [5.74, 6) is 1.00. The SMILES string of the molecule is COc1ccccc1NC(=O)NC1C(N)C2CCOC21. The predicted molar refractivity (Wildman–Crippen MR) is 74.8 cm³/mol. The molecule has 1 heterocycles. The Morgan fingerprint density at radius 3 is 3.05 bits per heavy atom. The molecular formula is C14H19N3O3. The molecule has 4 atom stereocenters. The molecule has 1 aromatic carbocycles. The van der Waals surface area contributed by atoms with Crippen LogP contribution in [0.2, 0.25) is 0 Å². The van der Waals surface area contributed by atoms with Crippen molar-refractivity contribution in [2.45, 2.75) is 24.6 Å². The molecule has 4 N–H and O–H groups in total. The summed E-state index contributed by atoms with van der Waals surface area (Å²) >= 11 is 0. The molecule has 1 aliphatic heterocycles. The molecule has 3 rings (SSSR count). The minimum Gasteiger partial charge on any atom is -0.495 e. The fraction of sp³-hybridized carbons (Fsp3) is 0.500. The lowest BCUT2D eigenvalue weighted by molar-refractivity contribution is -0.0128. The number of carbonyl (C=O) groups is 1. The van der Waals surface area contributed by atoms with E-state index in [0.29, 0.717) is 17.4 Å². The van der Waals surface area contributed by atoms with Crippen LogP contribution in [0.15, 0.2) is 24.3 Å². The Kier molecular flexibility index (Phi) is 3.50. The van der Waals surface area contributed by atoms with Gasteiger partial charge in [-0.2, -0.15) is 0 Å². The number of benzene rings is 1. The summed E-state index contributed by atoms with van der Waals surface area (Å²) in [4.78, 5) is 12.0. The van der Waals surface area contributed by atoms with Crippen LogP contribution in [0.1, 0.15) is 6.42 Å². The van der Waals surface area contributed by atoms with Crippen molar-refractivity contribution in [3.63, 3.8) is 0 Å². The Morgan fingerprint density at radius 1 is 1.45 bits per heavy atom. The van der Waals surface area contributed by atoms with E-state index in [9.17, 15) is 4.79 Å². The zero-order valence-electron chi connectivity index (χ0n) is 11.3. The van der Waals surface area contributed by atoms with Crippen LogP contribution >= 0.6 is 0 Å². The number of nitrogens with one attached hydrogen (secondary N) is 2. The molecule has 2 amide bonds. The number of carbonyl (C=O) groups excluding carboxylic acids is 1. The molecule has 1 saturated heterocycles. The van der Waals surface area contributed by atoms with Gasteiger partial charge in [-0.3, -0.25) is 0 Å². The smallest absolute Gasteiger partial charge is 0.319 e. The van der Waals surface area contributed by atoms with Crippen molar-refractivity contribution in [3.8, 4) is 5.75 Å². The molecule has 108 valence electrons. The molecule has 1 aliphatic carbocycles. The van der Waals surface area contributed by atoms with Gasteiger partial charge >= 0.3 is 6.03 Å². The Labute approximate surface area is 117 Å². The number of hydrogen-bond donors (Lipinski definition) is 3. The van der Waals surface area contributed by atoms with E-state index < -0.39 is 0 Å². The van der Waals surface area contributed by atoms with Crippen LogP contribution in [-0.2, 0) is 4.74 Å². The van der Waals surface area contributed by atoms with E-state index in [1.165, 1.54) is 0 Å². The van der Waals surface area contributed by atoms with Gasteiger partial charge in [-0.25, -0.2) is 4.79 Å². The van der Waals surface area contributed by atoms with Crippen molar-refractivity contribution >= 4 is 11.7 Å². The van der Waals surface area contributed by atoms with Crippen molar-refractivity contribution < 1.29 is 14.3 Å². The summed E-state index contributed by atoms with van der Waals surface area (Å²) in [6.07, 6.45) is 1.05. The van der Waals surface area contributed by atoms with Crippen LogP contribution in [0.5, 0.6) is 5.75 Å². The van der Waals surface area contributed by atoms with E-state index in [2.05, 4.69) is 10.6 Å². The summed E-state index contributed by atoms with van der Waals surface area (Å²) in [5, 5.41) is 5.66. The Bertz CT molecular complexity index is 508. The molecule has 0 bridgehead atoms. The maximum absolute atomic E-state index is 12.0. The molecule has 2 fully saturated rings. The van der Waals surface area contributed by atoms with Gasteiger partial charge in [0.25, 0.3) is 0 Å². The molecule has 4 unspecified atom stereocenters. The fourth-order valence-electron chi connectivity index (χ4n) is 2.99. The van der Waals surface area contributed by atoms with Crippen LogP contribution in [0.25, 0.3) is 0 Å². The molecule has 6 nitrogen and oxygen atoms in total. The van der Waals surface area contributed by atoms with Crippen LogP contribution in [-0.4, -0.2) is 37.9 Å². The number of fused-ring (bicyclic) bond motifs is 1. The Hall–Kier alpha value is -1.79. The van der Waals surface area contributed by atoms with Crippen LogP contribution < -0.4 is 21.1 Å². The van der Waals surface area contributed by atoms with Crippen molar-refractivity contribution in [2.24, 2.45) is 11.7 Å². The first kappa shape index (κ1) is 13.2. The van der Waals surface area contributed by atoms with Crippen molar-refractivity contribution in [2.75, 3.05) is 19.0 Å². The number of methoxy groups -OCH3 is 1. The van der Waals surface area contributed by atoms with Gasteiger partial charge in [0.2, 0.25) is 0 Å². The average Bonchev–Trinajstić information content (AvgIpc) is 2.90. The van der Waals surface area contributed by atoms with Crippen molar-refractivity contribution in [1.82, 2.24) is 5.32 Å². The first-order valence-corrected chi connectivity index (χ1v) is 6.78. The summed E-state index contributed by atoms with van der Waals surface area (Å²) in [6.45, 7) is 0.731. The lowest BCUT2D eigenvalue weighted by Gasteiger charge is -2.45. The first-order valence-electron chi connectivity index (χ1n) is 6.78. The Morgan fingerprint density at radius 2 is 2.25 bits per heavy atom. The molecule has 2 aliphatic rings. The average molecular weight is 277 g/mol. The molecular weight excluding hydrogens is 258 g/mol. The number of rotatable bonds is 3. The summed E-state index contributed by atoms with van der Waals surface area (Å²) in [7, 11) is 1.57. The second-order valence-corrected chi connectivity index (χ2v) is 5.19. The molecule has 1 aromatic rings. The number of para-hydroxylation sites is 2. The maximum Gasteiger partial charge on any atom is 0.319 e. The zero-order chi connectivity index (χ0) is 14.1. The van der Waals surface area contributed by atoms with E-state index in [4.69, 9.17) is 15.2 Å². The highest BCUT2D eigenvalue weighted by atomic mass is 16.5. The number of amides is 2. The van der Waals surface area contributed by atoms with E-state index >= 15 is 0 Å². The third kappa shape index (κ3) is 2.21. The fourth-order valence-corrected chi connectivity index (χ4v) is 2.99. The number of ether oxygens (including phenoxy) is 2. The van der Waals surface area contributed by atoms with Crippen LogP contribution in [0, 0.1) is 5.92 Å². The molecule has 6 heteroatoms. The first-order chi connectivity index (χ1) is 9.70.